The normalized spacial score (nSPS) is 12.5. The van der Waals surface area contributed by atoms with Crippen molar-refractivity contribution in [2.45, 2.75) is 31.9 Å². The zero-order chi connectivity index (χ0) is 15.0. The van der Waals surface area contributed by atoms with Gasteiger partial charge in [-0.1, -0.05) is 13.8 Å². The lowest BCUT2D eigenvalue weighted by molar-refractivity contribution is -0.138. The van der Waals surface area contributed by atoms with E-state index < -0.39 is 29.5 Å². The first-order valence-corrected chi connectivity index (χ1v) is 6.06. The average molecular weight is 341 g/mol. The van der Waals surface area contributed by atoms with Gasteiger partial charge in [0.05, 0.1) is 16.5 Å². The fraction of sp³-hybridized carbons (Fsp3) is 0.417. The predicted molar refractivity (Wildman–Crippen MR) is 66.1 cm³/mol. The van der Waals surface area contributed by atoms with E-state index in [-0.39, 0.29) is 15.8 Å². The van der Waals surface area contributed by atoms with E-state index in [1.807, 2.05) is 0 Å². The lowest BCUT2D eigenvalue weighted by Crippen LogP contribution is -2.22. The molecule has 19 heavy (non-hydrogen) atoms. The number of rotatable bonds is 3. The molecule has 0 aliphatic rings. The van der Waals surface area contributed by atoms with Crippen molar-refractivity contribution in [2.24, 2.45) is 0 Å². The van der Waals surface area contributed by atoms with Crippen molar-refractivity contribution in [1.29, 1.82) is 0 Å². The Kier molecular flexibility index (Phi) is 4.19. The number of aromatic hydroxyl groups is 1. The second-order valence-corrected chi connectivity index (χ2v) is 5.66. The molecule has 0 unspecified atom stereocenters. The third-order valence-corrected chi connectivity index (χ3v) is 3.32. The SMILES string of the molecule is CC(C)(CC(=O)O)c1cc(C(F)(F)F)cc(Br)c1O. The largest absolute Gasteiger partial charge is 0.506 e. The van der Waals surface area contributed by atoms with Gasteiger partial charge in [-0.25, -0.2) is 0 Å². The number of aliphatic carboxylic acids is 1. The van der Waals surface area contributed by atoms with Gasteiger partial charge in [0, 0.05) is 11.0 Å². The Hall–Kier alpha value is -1.24. The quantitative estimate of drug-likeness (QED) is 0.876. The third-order valence-electron chi connectivity index (χ3n) is 2.71. The smallest absolute Gasteiger partial charge is 0.416 e. The van der Waals surface area contributed by atoms with Crippen LogP contribution in [0.1, 0.15) is 31.4 Å². The predicted octanol–water partition coefficient (Wildman–Crippen LogP) is 3.93. The molecule has 3 nitrogen and oxygen atoms in total. The summed E-state index contributed by atoms with van der Waals surface area (Å²) in [5, 5.41) is 18.6. The summed E-state index contributed by atoms with van der Waals surface area (Å²) in [7, 11) is 0. The highest BCUT2D eigenvalue weighted by atomic mass is 79.9. The number of hydrogen-bond donors (Lipinski definition) is 2. The number of carboxylic acid groups (broad SMARTS) is 1. The van der Waals surface area contributed by atoms with Crippen molar-refractivity contribution in [2.75, 3.05) is 0 Å². The lowest BCUT2D eigenvalue weighted by atomic mass is 9.80. The van der Waals surface area contributed by atoms with E-state index in [9.17, 15) is 23.1 Å². The van der Waals surface area contributed by atoms with Crippen LogP contribution in [0.15, 0.2) is 16.6 Å². The van der Waals surface area contributed by atoms with E-state index in [0.29, 0.717) is 0 Å². The van der Waals surface area contributed by atoms with Crippen LogP contribution < -0.4 is 0 Å². The summed E-state index contributed by atoms with van der Waals surface area (Å²) in [4.78, 5) is 10.8. The van der Waals surface area contributed by atoms with Gasteiger partial charge in [-0.2, -0.15) is 13.2 Å². The van der Waals surface area contributed by atoms with Gasteiger partial charge in [0.15, 0.2) is 0 Å². The van der Waals surface area contributed by atoms with Gasteiger partial charge in [-0.05, 0) is 28.1 Å². The van der Waals surface area contributed by atoms with E-state index in [1.54, 1.807) is 0 Å². The highest BCUT2D eigenvalue weighted by Crippen LogP contribution is 2.42. The van der Waals surface area contributed by atoms with E-state index in [4.69, 9.17) is 5.11 Å². The van der Waals surface area contributed by atoms with Crippen LogP contribution in [0.4, 0.5) is 13.2 Å². The molecule has 0 aliphatic carbocycles. The second-order valence-electron chi connectivity index (χ2n) is 4.81. The first-order chi connectivity index (χ1) is 8.45. The summed E-state index contributed by atoms with van der Waals surface area (Å²) in [6.07, 6.45) is -4.96. The van der Waals surface area contributed by atoms with Crippen molar-refractivity contribution in [1.82, 2.24) is 0 Å². The van der Waals surface area contributed by atoms with E-state index >= 15 is 0 Å². The number of halogens is 4. The van der Waals surface area contributed by atoms with Crippen molar-refractivity contribution in [3.8, 4) is 5.75 Å². The van der Waals surface area contributed by atoms with Crippen LogP contribution in [0.2, 0.25) is 0 Å². The number of alkyl halides is 3. The van der Waals surface area contributed by atoms with Crippen LogP contribution in [-0.4, -0.2) is 16.2 Å². The van der Waals surface area contributed by atoms with Crippen LogP contribution in [0.25, 0.3) is 0 Å². The molecule has 1 aromatic rings. The molecule has 106 valence electrons. The lowest BCUT2D eigenvalue weighted by Gasteiger charge is -2.25. The summed E-state index contributed by atoms with van der Waals surface area (Å²) in [5.74, 6) is -1.53. The number of hydrogen-bond acceptors (Lipinski definition) is 2. The Bertz CT molecular complexity index is 510. The molecule has 1 aromatic carbocycles. The maximum absolute atomic E-state index is 12.7. The van der Waals surface area contributed by atoms with Crippen molar-refractivity contribution < 1.29 is 28.2 Å². The zero-order valence-corrected chi connectivity index (χ0v) is 11.8. The van der Waals surface area contributed by atoms with Crippen LogP contribution in [-0.2, 0) is 16.4 Å². The fourth-order valence-corrected chi connectivity index (χ4v) is 2.21. The van der Waals surface area contributed by atoms with Gasteiger partial charge in [0.25, 0.3) is 0 Å². The standard InChI is InChI=1S/C12H12BrF3O3/c1-11(2,5-9(17)18)7-3-6(12(14,15)16)4-8(13)10(7)19/h3-4,19H,5H2,1-2H3,(H,17,18). The fourth-order valence-electron chi connectivity index (χ4n) is 1.75. The van der Waals surface area contributed by atoms with Gasteiger partial charge in [0.1, 0.15) is 5.75 Å². The molecule has 0 aromatic heterocycles. The van der Waals surface area contributed by atoms with E-state index in [2.05, 4.69) is 15.9 Å². The van der Waals surface area contributed by atoms with Gasteiger partial charge in [-0.3, -0.25) is 4.79 Å². The number of phenols is 1. The number of benzene rings is 1. The maximum Gasteiger partial charge on any atom is 0.416 e. The molecule has 1 rings (SSSR count). The summed E-state index contributed by atoms with van der Waals surface area (Å²) in [6.45, 7) is 2.92. The highest BCUT2D eigenvalue weighted by Gasteiger charge is 2.35. The molecule has 0 atom stereocenters. The van der Waals surface area contributed by atoms with Gasteiger partial charge in [-0.15, -0.1) is 0 Å². The van der Waals surface area contributed by atoms with Crippen molar-refractivity contribution in [3.05, 3.63) is 27.7 Å². The van der Waals surface area contributed by atoms with Crippen molar-refractivity contribution in [3.63, 3.8) is 0 Å². The second kappa shape index (κ2) is 5.03. The molecule has 0 aliphatic heterocycles. The van der Waals surface area contributed by atoms with Crippen LogP contribution in [0.5, 0.6) is 5.75 Å². The zero-order valence-electron chi connectivity index (χ0n) is 10.2. The minimum absolute atomic E-state index is 0.0587. The first kappa shape index (κ1) is 15.8. The number of carboxylic acids is 1. The molecule has 0 amide bonds. The topological polar surface area (TPSA) is 57.5 Å². The van der Waals surface area contributed by atoms with Crippen LogP contribution in [0, 0.1) is 0 Å². The molecule has 0 bridgehead atoms. The molecule has 0 saturated heterocycles. The summed E-state index contributed by atoms with van der Waals surface area (Å²) in [6, 6.07) is 1.54. The third kappa shape index (κ3) is 3.62. The highest BCUT2D eigenvalue weighted by molar-refractivity contribution is 9.10. The molecule has 2 N–H and O–H groups in total. The molecular weight excluding hydrogens is 329 g/mol. The van der Waals surface area contributed by atoms with E-state index in [1.165, 1.54) is 13.8 Å². The Morgan fingerprint density at radius 2 is 1.84 bits per heavy atom. The Labute approximate surface area is 116 Å². The molecular formula is C12H12BrF3O3. The molecule has 0 heterocycles. The maximum atomic E-state index is 12.7. The monoisotopic (exact) mass is 340 g/mol. The molecule has 0 spiro atoms. The summed E-state index contributed by atoms with van der Waals surface area (Å²) < 4.78 is 38.0. The summed E-state index contributed by atoms with van der Waals surface area (Å²) in [5.41, 5.74) is -2.12. The van der Waals surface area contributed by atoms with E-state index in [0.717, 1.165) is 12.1 Å². The first-order valence-electron chi connectivity index (χ1n) is 5.27. The molecule has 0 radical (unpaired) electrons. The number of phenolic OH excluding ortho intramolecular Hbond substituents is 1. The minimum Gasteiger partial charge on any atom is -0.506 e. The Morgan fingerprint density at radius 1 is 1.32 bits per heavy atom. The Balaban J connectivity index is 3.42. The summed E-state index contributed by atoms with van der Waals surface area (Å²) >= 11 is 2.85. The number of carbonyl (C=O) groups is 1. The molecule has 0 fully saturated rings. The molecule has 0 saturated carbocycles. The average Bonchev–Trinajstić information content (AvgIpc) is 2.17. The molecule has 7 heteroatoms. The van der Waals surface area contributed by atoms with Gasteiger partial charge in [0.2, 0.25) is 0 Å². The Morgan fingerprint density at radius 3 is 2.26 bits per heavy atom. The van der Waals surface area contributed by atoms with Gasteiger partial charge < -0.3 is 10.2 Å². The van der Waals surface area contributed by atoms with Crippen molar-refractivity contribution >= 4 is 21.9 Å². The minimum atomic E-state index is -4.57. The van der Waals surface area contributed by atoms with Crippen LogP contribution in [0.3, 0.4) is 0 Å². The van der Waals surface area contributed by atoms with Gasteiger partial charge >= 0.3 is 12.1 Å². The van der Waals surface area contributed by atoms with Crippen LogP contribution >= 0.6 is 15.9 Å².